The third-order valence-corrected chi connectivity index (χ3v) is 3.99. The van der Waals surface area contributed by atoms with Gasteiger partial charge >= 0.3 is 0 Å². The lowest BCUT2D eigenvalue weighted by atomic mass is 10.0. The van der Waals surface area contributed by atoms with Crippen molar-refractivity contribution in [3.8, 4) is 0 Å². The van der Waals surface area contributed by atoms with Crippen molar-refractivity contribution >= 4 is 5.91 Å². The Morgan fingerprint density at radius 1 is 1.33 bits per heavy atom. The van der Waals surface area contributed by atoms with Gasteiger partial charge in [0.15, 0.2) is 0 Å². The molecule has 0 aromatic heterocycles. The van der Waals surface area contributed by atoms with E-state index < -0.39 is 0 Å². The second kappa shape index (κ2) is 4.69. The van der Waals surface area contributed by atoms with Crippen LogP contribution in [0.5, 0.6) is 0 Å². The van der Waals surface area contributed by atoms with Crippen molar-refractivity contribution in [2.45, 2.75) is 6.42 Å². The van der Waals surface area contributed by atoms with Gasteiger partial charge in [-0.1, -0.05) is 12.1 Å². The third-order valence-electron chi connectivity index (χ3n) is 3.99. The Balaban J connectivity index is 1.62. The largest absolute Gasteiger partial charge is 0.342 e. The summed E-state index contributed by atoms with van der Waals surface area (Å²) >= 11 is 0. The zero-order chi connectivity index (χ0) is 12.5. The highest BCUT2D eigenvalue weighted by Gasteiger charge is 2.37. The van der Waals surface area contributed by atoms with Crippen molar-refractivity contribution in [3.63, 3.8) is 0 Å². The minimum Gasteiger partial charge on any atom is -0.342 e. The highest BCUT2D eigenvalue weighted by molar-refractivity contribution is 5.79. The number of carbonyl (C=O) groups is 1. The fraction of sp³-hybridized carbons (Fsp3) is 0.500. The maximum Gasteiger partial charge on any atom is 0.227 e. The number of hydrogen-bond acceptors (Lipinski definition) is 2. The van der Waals surface area contributed by atoms with Crippen LogP contribution in [-0.2, 0) is 11.2 Å². The van der Waals surface area contributed by atoms with Crippen LogP contribution in [0.15, 0.2) is 24.3 Å². The molecule has 18 heavy (non-hydrogen) atoms. The first-order valence-corrected chi connectivity index (χ1v) is 6.45. The average Bonchev–Trinajstić information content (AvgIpc) is 2.88. The molecule has 0 radical (unpaired) electrons. The standard InChI is InChI=1S/C14H17FN2O/c15-13-3-1-2-10(4-13)5-14(18)17-8-11-6-16-7-12(11)9-17/h1-4,11-12,16H,5-9H2. The van der Waals surface area contributed by atoms with Crippen LogP contribution in [0.3, 0.4) is 0 Å². The SMILES string of the molecule is O=C(Cc1cccc(F)c1)N1CC2CNCC2C1. The summed E-state index contributed by atoms with van der Waals surface area (Å²) in [5.74, 6) is 1.07. The minimum absolute atomic E-state index is 0.120. The Bertz CT molecular complexity index is 451. The van der Waals surface area contributed by atoms with Gasteiger partial charge in [-0.2, -0.15) is 0 Å². The molecule has 1 aromatic carbocycles. The zero-order valence-electron chi connectivity index (χ0n) is 10.2. The number of hydrogen-bond donors (Lipinski definition) is 1. The number of fused-ring (bicyclic) bond motifs is 1. The molecule has 0 saturated carbocycles. The van der Waals surface area contributed by atoms with Gasteiger partial charge in [-0.05, 0) is 29.5 Å². The molecule has 2 heterocycles. The lowest BCUT2D eigenvalue weighted by Gasteiger charge is -2.17. The molecule has 4 heteroatoms. The number of amides is 1. The summed E-state index contributed by atoms with van der Waals surface area (Å²) in [6.45, 7) is 3.75. The number of likely N-dealkylation sites (tertiary alicyclic amines) is 1. The lowest BCUT2D eigenvalue weighted by Crippen LogP contribution is -2.32. The summed E-state index contributed by atoms with van der Waals surface area (Å²) < 4.78 is 13.0. The summed E-state index contributed by atoms with van der Waals surface area (Å²) in [4.78, 5) is 14.1. The Kier molecular flexibility index (Phi) is 3.04. The Morgan fingerprint density at radius 3 is 2.72 bits per heavy atom. The maximum atomic E-state index is 13.0. The first-order valence-electron chi connectivity index (χ1n) is 6.45. The van der Waals surface area contributed by atoms with Gasteiger partial charge in [0.05, 0.1) is 6.42 Å². The predicted molar refractivity (Wildman–Crippen MR) is 66.5 cm³/mol. The molecule has 96 valence electrons. The van der Waals surface area contributed by atoms with Crippen LogP contribution in [-0.4, -0.2) is 37.0 Å². The van der Waals surface area contributed by atoms with E-state index in [9.17, 15) is 9.18 Å². The first-order chi connectivity index (χ1) is 8.72. The van der Waals surface area contributed by atoms with Crippen LogP contribution in [0.2, 0.25) is 0 Å². The van der Waals surface area contributed by atoms with Gasteiger partial charge in [-0.15, -0.1) is 0 Å². The van der Waals surface area contributed by atoms with Crippen LogP contribution >= 0.6 is 0 Å². The summed E-state index contributed by atoms with van der Waals surface area (Å²) in [5.41, 5.74) is 0.759. The van der Waals surface area contributed by atoms with E-state index in [1.165, 1.54) is 12.1 Å². The highest BCUT2D eigenvalue weighted by atomic mass is 19.1. The van der Waals surface area contributed by atoms with E-state index in [0.29, 0.717) is 18.3 Å². The zero-order valence-corrected chi connectivity index (χ0v) is 10.2. The molecule has 1 N–H and O–H groups in total. The lowest BCUT2D eigenvalue weighted by molar-refractivity contribution is -0.129. The summed E-state index contributed by atoms with van der Waals surface area (Å²) in [7, 11) is 0. The summed E-state index contributed by atoms with van der Waals surface area (Å²) in [6, 6.07) is 6.30. The number of carbonyl (C=O) groups excluding carboxylic acids is 1. The van der Waals surface area contributed by atoms with E-state index in [2.05, 4.69) is 5.32 Å². The van der Waals surface area contributed by atoms with Gasteiger partial charge in [0.2, 0.25) is 5.91 Å². The molecule has 1 aromatic rings. The molecule has 2 unspecified atom stereocenters. The maximum absolute atomic E-state index is 13.0. The van der Waals surface area contributed by atoms with E-state index in [-0.39, 0.29) is 11.7 Å². The van der Waals surface area contributed by atoms with Gasteiger partial charge in [0.1, 0.15) is 5.82 Å². The van der Waals surface area contributed by atoms with Crippen molar-refractivity contribution in [2.24, 2.45) is 11.8 Å². The Morgan fingerprint density at radius 2 is 2.06 bits per heavy atom. The summed E-state index contributed by atoms with van der Waals surface area (Å²) in [6.07, 6.45) is 0.310. The Labute approximate surface area is 106 Å². The van der Waals surface area contributed by atoms with Crippen LogP contribution in [0.1, 0.15) is 5.56 Å². The molecule has 2 aliphatic rings. The van der Waals surface area contributed by atoms with E-state index >= 15 is 0 Å². The average molecular weight is 248 g/mol. The van der Waals surface area contributed by atoms with E-state index in [1.54, 1.807) is 12.1 Å². The van der Waals surface area contributed by atoms with Crippen LogP contribution in [0, 0.1) is 17.7 Å². The van der Waals surface area contributed by atoms with Gasteiger partial charge in [0.25, 0.3) is 0 Å². The predicted octanol–water partition coefficient (Wildman–Crippen LogP) is 1.05. The molecule has 2 saturated heterocycles. The fourth-order valence-electron chi connectivity index (χ4n) is 2.99. The molecule has 2 aliphatic heterocycles. The highest BCUT2D eigenvalue weighted by Crippen LogP contribution is 2.26. The second-order valence-corrected chi connectivity index (χ2v) is 5.28. The fourth-order valence-corrected chi connectivity index (χ4v) is 2.99. The molecule has 3 nitrogen and oxygen atoms in total. The quantitative estimate of drug-likeness (QED) is 0.848. The van der Waals surface area contributed by atoms with Crippen molar-refractivity contribution in [3.05, 3.63) is 35.6 Å². The second-order valence-electron chi connectivity index (χ2n) is 5.28. The number of nitrogens with zero attached hydrogens (tertiary/aromatic N) is 1. The molecule has 2 atom stereocenters. The molecule has 0 aliphatic carbocycles. The van der Waals surface area contributed by atoms with E-state index in [4.69, 9.17) is 0 Å². The first kappa shape index (κ1) is 11.7. The smallest absolute Gasteiger partial charge is 0.227 e. The van der Waals surface area contributed by atoms with Crippen molar-refractivity contribution in [2.75, 3.05) is 26.2 Å². The number of halogens is 1. The number of benzene rings is 1. The Hall–Kier alpha value is -1.42. The van der Waals surface area contributed by atoms with Gasteiger partial charge in [-0.3, -0.25) is 4.79 Å². The van der Waals surface area contributed by atoms with Gasteiger partial charge in [0, 0.05) is 26.2 Å². The molecule has 3 rings (SSSR count). The minimum atomic E-state index is -0.275. The topological polar surface area (TPSA) is 32.3 Å². The van der Waals surface area contributed by atoms with Crippen molar-refractivity contribution < 1.29 is 9.18 Å². The molecular formula is C14H17FN2O. The molecule has 2 fully saturated rings. The van der Waals surface area contributed by atoms with Crippen molar-refractivity contribution in [1.82, 2.24) is 10.2 Å². The van der Waals surface area contributed by atoms with Crippen molar-refractivity contribution in [1.29, 1.82) is 0 Å². The van der Waals surface area contributed by atoms with Gasteiger partial charge < -0.3 is 10.2 Å². The summed E-state index contributed by atoms with van der Waals surface area (Å²) in [5, 5.41) is 3.35. The monoisotopic (exact) mass is 248 g/mol. The molecule has 0 spiro atoms. The van der Waals surface area contributed by atoms with E-state index in [0.717, 1.165) is 31.7 Å². The molecule has 0 bridgehead atoms. The third kappa shape index (κ3) is 2.25. The normalized spacial score (nSPS) is 26.4. The number of rotatable bonds is 2. The number of nitrogens with one attached hydrogen (secondary N) is 1. The van der Waals surface area contributed by atoms with Crippen LogP contribution in [0.25, 0.3) is 0 Å². The van der Waals surface area contributed by atoms with Crippen LogP contribution < -0.4 is 5.32 Å². The van der Waals surface area contributed by atoms with Crippen LogP contribution in [0.4, 0.5) is 4.39 Å². The van der Waals surface area contributed by atoms with Gasteiger partial charge in [-0.25, -0.2) is 4.39 Å². The molecular weight excluding hydrogens is 231 g/mol. The van der Waals surface area contributed by atoms with E-state index in [1.807, 2.05) is 4.90 Å². The molecule has 1 amide bonds.